The Kier molecular flexibility index (Phi) is 4.97. The van der Waals surface area contributed by atoms with Crippen molar-refractivity contribution < 1.29 is 14.6 Å². The summed E-state index contributed by atoms with van der Waals surface area (Å²) in [5, 5.41) is 11.3. The number of amides is 1. The van der Waals surface area contributed by atoms with Crippen molar-refractivity contribution in [3.63, 3.8) is 0 Å². The predicted molar refractivity (Wildman–Crippen MR) is 84.9 cm³/mol. The van der Waals surface area contributed by atoms with Crippen molar-refractivity contribution in [3.8, 4) is 0 Å². The first-order valence-electron chi connectivity index (χ1n) is 7.48. The van der Waals surface area contributed by atoms with E-state index in [-0.39, 0.29) is 6.09 Å². The molecule has 1 aromatic rings. The number of carbonyl (C=O) groups excluding carboxylic acids is 1. The summed E-state index contributed by atoms with van der Waals surface area (Å²) in [7, 11) is 0. The molecule has 5 nitrogen and oxygen atoms in total. The van der Waals surface area contributed by atoms with Gasteiger partial charge in [0.15, 0.2) is 0 Å². The fourth-order valence-corrected chi connectivity index (χ4v) is 2.57. The van der Waals surface area contributed by atoms with E-state index in [2.05, 4.69) is 4.98 Å². The third-order valence-electron chi connectivity index (χ3n) is 3.64. The van der Waals surface area contributed by atoms with Crippen molar-refractivity contribution in [1.29, 1.82) is 0 Å². The van der Waals surface area contributed by atoms with Crippen LogP contribution in [0.2, 0.25) is 5.02 Å². The topological polar surface area (TPSA) is 62.7 Å². The summed E-state index contributed by atoms with van der Waals surface area (Å²) in [6, 6.07) is 3.59. The number of piperidine rings is 1. The Bertz CT molecular complexity index is 517. The molecule has 6 heteroatoms. The number of halogens is 1. The molecule has 2 heterocycles. The van der Waals surface area contributed by atoms with Crippen LogP contribution >= 0.6 is 11.6 Å². The minimum absolute atomic E-state index is 0.320. The maximum atomic E-state index is 12.0. The van der Waals surface area contributed by atoms with E-state index in [4.69, 9.17) is 16.3 Å². The van der Waals surface area contributed by atoms with E-state index in [0.717, 1.165) is 5.69 Å². The predicted octanol–water partition coefficient (Wildman–Crippen LogP) is 3.04. The second-order valence-corrected chi connectivity index (χ2v) is 7.27. The van der Waals surface area contributed by atoms with Gasteiger partial charge in [-0.15, -0.1) is 0 Å². The van der Waals surface area contributed by atoms with E-state index >= 15 is 0 Å². The van der Waals surface area contributed by atoms with Crippen molar-refractivity contribution >= 4 is 17.7 Å². The van der Waals surface area contributed by atoms with Crippen molar-refractivity contribution in [2.24, 2.45) is 0 Å². The molecule has 1 N–H and O–H groups in total. The maximum Gasteiger partial charge on any atom is 0.410 e. The van der Waals surface area contributed by atoms with Gasteiger partial charge in [-0.3, -0.25) is 4.98 Å². The van der Waals surface area contributed by atoms with Gasteiger partial charge >= 0.3 is 6.09 Å². The summed E-state index contributed by atoms with van der Waals surface area (Å²) in [5.41, 5.74) is -0.533. The Hall–Kier alpha value is -1.33. The average Bonchev–Trinajstić information content (AvgIpc) is 2.40. The Labute approximate surface area is 136 Å². The van der Waals surface area contributed by atoms with Crippen LogP contribution in [0.15, 0.2) is 18.3 Å². The van der Waals surface area contributed by atoms with Crippen molar-refractivity contribution in [2.75, 3.05) is 13.1 Å². The lowest BCUT2D eigenvalue weighted by atomic mass is 9.87. The van der Waals surface area contributed by atoms with Gasteiger partial charge in [0.25, 0.3) is 0 Å². The van der Waals surface area contributed by atoms with Crippen LogP contribution < -0.4 is 0 Å². The first-order valence-corrected chi connectivity index (χ1v) is 7.85. The molecule has 0 bridgehead atoms. The second kappa shape index (κ2) is 6.42. The molecule has 0 aromatic carbocycles. The minimum Gasteiger partial charge on any atom is -0.444 e. The smallest absolute Gasteiger partial charge is 0.410 e. The highest BCUT2D eigenvalue weighted by atomic mass is 35.5. The Morgan fingerprint density at radius 1 is 1.41 bits per heavy atom. The number of aromatic nitrogens is 1. The number of nitrogens with zero attached hydrogens (tertiary/aromatic N) is 2. The van der Waals surface area contributed by atoms with Crippen molar-refractivity contribution in [2.45, 2.75) is 51.2 Å². The van der Waals surface area contributed by atoms with Crippen LogP contribution in [0.3, 0.4) is 0 Å². The quantitative estimate of drug-likeness (QED) is 0.907. The Morgan fingerprint density at radius 3 is 2.55 bits per heavy atom. The maximum absolute atomic E-state index is 12.0. The highest BCUT2D eigenvalue weighted by molar-refractivity contribution is 6.30. The molecule has 1 aromatic heterocycles. The van der Waals surface area contributed by atoms with Crippen LogP contribution in [-0.4, -0.2) is 45.4 Å². The van der Waals surface area contributed by atoms with E-state index in [1.165, 1.54) is 0 Å². The molecule has 122 valence electrons. The molecule has 0 aliphatic carbocycles. The number of aliphatic hydroxyl groups is 1. The van der Waals surface area contributed by atoms with Gasteiger partial charge < -0.3 is 14.7 Å². The number of carbonyl (C=O) groups is 1. The average molecular weight is 327 g/mol. The fourth-order valence-electron chi connectivity index (χ4n) is 2.46. The van der Waals surface area contributed by atoms with E-state index in [1.54, 1.807) is 17.2 Å². The van der Waals surface area contributed by atoms with Gasteiger partial charge in [-0.05, 0) is 45.7 Å². The van der Waals surface area contributed by atoms with Crippen molar-refractivity contribution in [1.82, 2.24) is 9.88 Å². The second-order valence-electron chi connectivity index (χ2n) is 6.84. The Morgan fingerprint density at radius 2 is 2.05 bits per heavy atom. The molecule has 1 fully saturated rings. The van der Waals surface area contributed by atoms with Crippen LogP contribution in [0.4, 0.5) is 4.79 Å². The molecule has 2 rings (SSSR count). The summed E-state index contributed by atoms with van der Waals surface area (Å²) in [6.45, 7) is 6.50. The van der Waals surface area contributed by atoms with Crippen LogP contribution in [0.5, 0.6) is 0 Å². The SMILES string of the molecule is CC(C)(C)OC(=O)N1CCC(O)(Cc2ccc(Cl)cn2)CC1. The molecule has 1 aliphatic rings. The normalized spacial score (nSPS) is 18.1. The van der Waals surface area contributed by atoms with E-state index in [1.807, 2.05) is 26.8 Å². The molecule has 0 spiro atoms. The minimum atomic E-state index is -0.834. The number of hydrogen-bond donors (Lipinski definition) is 1. The summed E-state index contributed by atoms with van der Waals surface area (Å²) in [4.78, 5) is 17.9. The summed E-state index contributed by atoms with van der Waals surface area (Å²) in [6.07, 6.45) is 2.74. The van der Waals surface area contributed by atoms with Crippen LogP contribution in [0, 0.1) is 0 Å². The lowest BCUT2D eigenvalue weighted by Gasteiger charge is -2.38. The summed E-state index contributed by atoms with van der Waals surface area (Å²) >= 11 is 5.81. The first kappa shape index (κ1) is 17.0. The van der Waals surface area contributed by atoms with Gasteiger partial charge in [0, 0.05) is 31.4 Å². The zero-order valence-corrected chi connectivity index (χ0v) is 14.1. The van der Waals surface area contributed by atoms with E-state index in [9.17, 15) is 9.90 Å². The largest absolute Gasteiger partial charge is 0.444 e. The molecule has 1 amide bonds. The van der Waals surface area contributed by atoms with Crippen molar-refractivity contribution in [3.05, 3.63) is 29.0 Å². The van der Waals surface area contributed by atoms with Crippen LogP contribution in [-0.2, 0) is 11.2 Å². The summed E-state index contributed by atoms with van der Waals surface area (Å²) < 4.78 is 5.36. The highest BCUT2D eigenvalue weighted by Gasteiger charge is 2.35. The molecule has 0 saturated carbocycles. The van der Waals surface area contributed by atoms with Gasteiger partial charge in [-0.25, -0.2) is 4.79 Å². The fraction of sp³-hybridized carbons (Fsp3) is 0.625. The van der Waals surface area contributed by atoms with Gasteiger partial charge in [0.2, 0.25) is 0 Å². The molecule has 0 atom stereocenters. The van der Waals surface area contributed by atoms with Gasteiger partial charge in [-0.2, -0.15) is 0 Å². The van der Waals surface area contributed by atoms with Gasteiger partial charge in [-0.1, -0.05) is 11.6 Å². The third-order valence-corrected chi connectivity index (χ3v) is 3.87. The zero-order valence-electron chi connectivity index (χ0n) is 13.3. The molecule has 0 unspecified atom stereocenters. The molecule has 1 saturated heterocycles. The zero-order chi connectivity index (χ0) is 16.4. The lowest BCUT2D eigenvalue weighted by molar-refractivity contribution is -0.0319. The third kappa shape index (κ3) is 4.85. The molecule has 22 heavy (non-hydrogen) atoms. The van der Waals surface area contributed by atoms with E-state index in [0.29, 0.717) is 37.4 Å². The molecule has 1 aliphatic heterocycles. The molecular weight excluding hydrogens is 304 g/mol. The molecular formula is C16H23ClN2O3. The standard InChI is InChI=1S/C16H23ClN2O3/c1-15(2,3)22-14(20)19-8-6-16(21,7-9-19)10-13-5-4-12(17)11-18-13/h4-5,11,21H,6-10H2,1-3H3. The monoisotopic (exact) mass is 326 g/mol. The highest BCUT2D eigenvalue weighted by Crippen LogP contribution is 2.27. The number of likely N-dealkylation sites (tertiary alicyclic amines) is 1. The van der Waals surface area contributed by atoms with Gasteiger partial charge in [0.05, 0.1) is 10.6 Å². The number of ether oxygens (including phenoxy) is 1. The van der Waals surface area contributed by atoms with Crippen LogP contribution in [0.1, 0.15) is 39.3 Å². The summed E-state index contributed by atoms with van der Waals surface area (Å²) in [5.74, 6) is 0. The Balaban J connectivity index is 1.90. The van der Waals surface area contributed by atoms with E-state index < -0.39 is 11.2 Å². The number of pyridine rings is 1. The molecule has 0 radical (unpaired) electrons. The number of hydrogen-bond acceptors (Lipinski definition) is 4. The van der Waals surface area contributed by atoms with Gasteiger partial charge in [0.1, 0.15) is 5.60 Å². The first-order chi connectivity index (χ1) is 10.2. The lowest BCUT2D eigenvalue weighted by Crippen LogP contribution is -2.49. The van der Waals surface area contributed by atoms with Crippen LogP contribution in [0.25, 0.3) is 0 Å². The number of rotatable bonds is 2.